The first-order valence-corrected chi connectivity index (χ1v) is 12.8. The fourth-order valence-corrected chi connectivity index (χ4v) is 4.58. The molecule has 1 fully saturated rings. The van der Waals surface area contributed by atoms with E-state index in [9.17, 15) is 4.39 Å². The van der Waals surface area contributed by atoms with E-state index in [0.29, 0.717) is 18.0 Å². The monoisotopic (exact) mass is 523 g/mol. The zero-order chi connectivity index (χ0) is 26.6. The normalized spacial score (nSPS) is 14.3. The lowest BCUT2D eigenvalue weighted by atomic mass is 10.1. The number of piperidine rings is 1. The number of ether oxygens (including phenoxy) is 1. The van der Waals surface area contributed by atoms with Gasteiger partial charge in [0.2, 0.25) is 5.82 Å². The molecule has 1 saturated heterocycles. The van der Waals surface area contributed by atoms with Crippen molar-refractivity contribution in [3.8, 4) is 34.0 Å². The minimum absolute atomic E-state index is 0.128. The van der Waals surface area contributed by atoms with Crippen molar-refractivity contribution in [1.29, 1.82) is 0 Å². The van der Waals surface area contributed by atoms with Gasteiger partial charge in [-0.3, -0.25) is 9.58 Å². The van der Waals surface area contributed by atoms with E-state index in [2.05, 4.69) is 44.4 Å². The molecule has 200 valence electrons. The molecule has 10 nitrogen and oxygen atoms in total. The van der Waals surface area contributed by atoms with E-state index in [1.54, 1.807) is 18.5 Å². The minimum atomic E-state index is -1.12. The van der Waals surface area contributed by atoms with Gasteiger partial charge in [0.15, 0.2) is 17.4 Å². The lowest BCUT2D eigenvalue weighted by Gasteiger charge is -2.26. The van der Waals surface area contributed by atoms with Crippen LogP contribution in [0, 0.1) is 17.6 Å². The highest BCUT2D eigenvalue weighted by Gasteiger charge is 2.22. The average Bonchev–Trinajstić information content (AvgIpc) is 3.57. The Morgan fingerprint density at radius 2 is 1.87 bits per heavy atom. The molecule has 5 rings (SSSR count). The smallest absolute Gasteiger partial charge is 0.202 e. The Morgan fingerprint density at radius 3 is 2.66 bits per heavy atom. The first-order valence-electron chi connectivity index (χ1n) is 12.8. The van der Waals surface area contributed by atoms with Gasteiger partial charge < -0.3 is 10.5 Å². The van der Waals surface area contributed by atoms with Crippen molar-refractivity contribution in [1.82, 2.24) is 39.9 Å². The van der Waals surface area contributed by atoms with Crippen molar-refractivity contribution in [3.05, 3.63) is 48.4 Å². The zero-order valence-corrected chi connectivity index (χ0v) is 21.5. The standard InChI is InChI=1S/C26H31F2N9O/c1-17(2)15-36-16-19(14-31-36)18-12-20(25(29)30-13-18)26-32-33-34-37(26)21-6-7-22(24(28)23(21)27)38-11-10-35-8-4-3-5-9-35/h6-7,12-14,16-17H,3-5,8-11,15H2,1-2H3,(H2,29,30). The summed E-state index contributed by atoms with van der Waals surface area (Å²) in [4.78, 5) is 6.55. The topological polar surface area (TPSA) is 113 Å². The predicted molar refractivity (Wildman–Crippen MR) is 139 cm³/mol. The molecule has 1 aromatic carbocycles. The molecular formula is C26H31F2N9O. The van der Waals surface area contributed by atoms with E-state index in [-0.39, 0.29) is 29.7 Å². The second kappa shape index (κ2) is 11.2. The molecule has 0 atom stereocenters. The molecule has 0 aliphatic carbocycles. The first kappa shape index (κ1) is 25.7. The summed E-state index contributed by atoms with van der Waals surface area (Å²) < 4.78 is 38.7. The van der Waals surface area contributed by atoms with Crippen LogP contribution in [-0.2, 0) is 6.54 Å². The van der Waals surface area contributed by atoms with E-state index in [1.807, 2.05) is 10.9 Å². The largest absolute Gasteiger partial charge is 0.489 e. The molecule has 0 radical (unpaired) electrons. The number of halogens is 2. The van der Waals surface area contributed by atoms with E-state index in [0.717, 1.165) is 48.3 Å². The molecule has 0 saturated carbocycles. The predicted octanol–water partition coefficient (Wildman–Crippen LogP) is 3.97. The van der Waals surface area contributed by atoms with Crippen LogP contribution in [0.5, 0.6) is 5.75 Å². The summed E-state index contributed by atoms with van der Waals surface area (Å²) in [6.45, 7) is 7.94. The molecule has 1 aliphatic heterocycles. The summed E-state index contributed by atoms with van der Waals surface area (Å²) in [7, 11) is 0. The maximum atomic E-state index is 15.2. The van der Waals surface area contributed by atoms with Crippen molar-refractivity contribution in [2.75, 3.05) is 32.0 Å². The van der Waals surface area contributed by atoms with Gasteiger partial charge in [0.1, 0.15) is 18.1 Å². The molecule has 0 spiro atoms. The SMILES string of the molecule is CC(C)Cn1cc(-c2cnc(N)c(-c3nnnn3-c3ccc(OCCN4CCCCC4)c(F)c3F)c2)cn1. The number of hydrogen-bond donors (Lipinski definition) is 1. The van der Waals surface area contributed by atoms with Gasteiger partial charge in [-0.05, 0) is 60.5 Å². The molecule has 4 aromatic rings. The molecule has 12 heteroatoms. The number of anilines is 1. The second-order valence-corrected chi connectivity index (χ2v) is 9.88. The van der Waals surface area contributed by atoms with Crippen molar-refractivity contribution < 1.29 is 13.5 Å². The summed E-state index contributed by atoms with van der Waals surface area (Å²) in [5.74, 6) is -1.65. The number of benzene rings is 1. The zero-order valence-electron chi connectivity index (χ0n) is 21.5. The summed E-state index contributed by atoms with van der Waals surface area (Å²) in [5.41, 5.74) is 7.94. The van der Waals surface area contributed by atoms with E-state index in [4.69, 9.17) is 10.5 Å². The van der Waals surface area contributed by atoms with Crippen LogP contribution in [0.3, 0.4) is 0 Å². The summed E-state index contributed by atoms with van der Waals surface area (Å²) in [5, 5.41) is 16.0. The molecule has 38 heavy (non-hydrogen) atoms. The van der Waals surface area contributed by atoms with Crippen LogP contribution in [0.1, 0.15) is 33.1 Å². The Kier molecular flexibility index (Phi) is 7.59. The Hall–Kier alpha value is -3.93. The van der Waals surface area contributed by atoms with Crippen LogP contribution in [-0.4, -0.2) is 66.1 Å². The Balaban J connectivity index is 1.39. The van der Waals surface area contributed by atoms with Gasteiger partial charge in [0, 0.05) is 36.6 Å². The number of aromatic nitrogens is 7. The summed E-state index contributed by atoms with van der Waals surface area (Å²) in [6.07, 6.45) is 8.81. The first-order chi connectivity index (χ1) is 18.4. The molecule has 0 bridgehead atoms. The number of rotatable bonds is 9. The Labute approximate surface area is 219 Å². The lowest BCUT2D eigenvalue weighted by molar-refractivity contribution is 0.179. The van der Waals surface area contributed by atoms with Gasteiger partial charge in [0.25, 0.3) is 0 Å². The molecule has 0 unspecified atom stereocenters. The van der Waals surface area contributed by atoms with E-state index < -0.39 is 11.6 Å². The molecule has 3 aromatic heterocycles. The number of likely N-dealkylation sites (tertiary alicyclic amines) is 1. The second-order valence-electron chi connectivity index (χ2n) is 9.88. The third kappa shape index (κ3) is 5.49. The molecule has 1 aliphatic rings. The fourth-order valence-electron chi connectivity index (χ4n) is 4.58. The minimum Gasteiger partial charge on any atom is -0.489 e. The van der Waals surface area contributed by atoms with E-state index >= 15 is 4.39 Å². The van der Waals surface area contributed by atoms with E-state index in [1.165, 1.54) is 18.6 Å². The number of nitrogens with two attached hydrogens (primary N) is 1. The molecular weight excluding hydrogens is 492 g/mol. The molecule has 0 amide bonds. The highest BCUT2D eigenvalue weighted by Crippen LogP contribution is 2.31. The van der Waals surface area contributed by atoms with Gasteiger partial charge in [-0.2, -0.15) is 14.2 Å². The van der Waals surface area contributed by atoms with Gasteiger partial charge in [0.05, 0.1) is 11.8 Å². The highest BCUT2D eigenvalue weighted by atomic mass is 19.2. The van der Waals surface area contributed by atoms with Gasteiger partial charge >= 0.3 is 0 Å². The maximum Gasteiger partial charge on any atom is 0.202 e. The number of tetrazole rings is 1. The Bertz CT molecular complexity index is 1400. The van der Waals surface area contributed by atoms with Crippen LogP contribution in [0.2, 0.25) is 0 Å². The van der Waals surface area contributed by atoms with Crippen molar-refractivity contribution >= 4 is 5.82 Å². The highest BCUT2D eigenvalue weighted by molar-refractivity contribution is 5.76. The number of nitrogens with zero attached hydrogens (tertiary/aromatic N) is 8. The summed E-state index contributed by atoms with van der Waals surface area (Å²) >= 11 is 0. The molecule has 2 N–H and O–H groups in total. The van der Waals surface area contributed by atoms with Crippen LogP contribution >= 0.6 is 0 Å². The average molecular weight is 524 g/mol. The molecule has 4 heterocycles. The quantitative estimate of drug-likeness (QED) is 0.351. The lowest BCUT2D eigenvalue weighted by Crippen LogP contribution is -2.33. The van der Waals surface area contributed by atoms with Crippen LogP contribution < -0.4 is 10.5 Å². The van der Waals surface area contributed by atoms with Gasteiger partial charge in [-0.25, -0.2) is 9.37 Å². The van der Waals surface area contributed by atoms with Crippen LogP contribution in [0.25, 0.3) is 28.2 Å². The van der Waals surface area contributed by atoms with Gasteiger partial charge in [-0.1, -0.05) is 20.3 Å². The number of hydrogen-bond acceptors (Lipinski definition) is 8. The summed E-state index contributed by atoms with van der Waals surface area (Å²) in [6, 6.07) is 4.53. The van der Waals surface area contributed by atoms with Crippen LogP contribution in [0.15, 0.2) is 36.8 Å². The van der Waals surface area contributed by atoms with Gasteiger partial charge in [-0.15, -0.1) is 5.10 Å². The third-order valence-electron chi connectivity index (χ3n) is 6.52. The maximum absolute atomic E-state index is 15.2. The fraction of sp³-hybridized carbons (Fsp3) is 0.423. The van der Waals surface area contributed by atoms with Crippen molar-refractivity contribution in [2.45, 2.75) is 39.7 Å². The van der Waals surface area contributed by atoms with Crippen molar-refractivity contribution in [2.24, 2.45) is 5.92 Å². The van der Waals surface area contributed by atoms with Crippen molar-refractivity contribution in [3.63, 3.8) is 0 Å². The number of pyridine rings is 1. The number of nitrogen functional groups attached to an aromatic ring is 1. The van der Waals surface area contributed by atoms with Crippen LogP contribution in [0.4, 0.5) is 14.6 Å². The third-order valence-corrected chi connectivity index (χ3v) is 6.52. The Morgan fingerprint density at radius 1 is 1.05 bits per heavy atom.